The van der Waals surface area contributed by atoms with Gasteiger partial charge in [-0.25, -0.2) is 0 Å². The number of aryl methyl sites for hydroxylation is 1. The molecule has 2 N–H and O–H groups in total. The Morgan fingerprint density at radius 3 is 2.69 bits per heavy atom. The molecule has 0 spiro atoms. The predicted octanol–water partition coefficient (Wildman–Crippen LogP) is 5.54. The van der Waals surface area contributed by atoms with Crippen molar-refractivity contribution in [2.24, 2.45) is 0 Å². The van der Waals surface area contributed by atoms with Gasteiger partial charge in [-0.2, -0.15) is 0 Å². The van der Waals surface area contributed by atoms with E-state index in [4.69, 9.17) is 9.47 Å². The second-order valence-electron chi connectivity index (χ2n) is 9.23. The molecule has 6 heteroatoms. The van der Waals surface area contributed by atoms with E-state index >= 15 is 0 Å². The molecule has 0 saturated carbocycles. The summed E-state index contributed by atoms with van der Waals surface area (Å²) >= 11 is 0. The van der Waals surface area contributed by atoms with Crippen LogP contribution in [0.2, 0.25) is 0 Å². The molecule has 2 atom stereocenters. The molecule has 1 aliphatic rings. The van der Waals surface area contributed by atoms with Crippen LogP contribution in [-0.4, -0.2) is 36.2 Å². The lowest BCUT2D eigenvalue weighted by atomic mass is 9.84. The van der Waals surface area contributed by atoms with E-state index in [1.807, 2.05) is 75.4 Å². The summed E-state index contributed by atoms with van der Waals surface area (Å²) in [6.45, 7) is 6.53. The Morgan fingerprint density at radius 2 is 1.94 bits per heavy atom. The fourth-order valence-electron chi connectivity index (χ4n) is 4.77. The van der Waals surface area contributed by atoms with Gasteiger partial charge in [-0.05, 0) is 71.5 Å². The molecule has 2 unspecified atom stereocenters. The smallest absolute Gasteiger partial charge is 0.304 e. The average Bonchev–Trinajstić information content (AvgIpc) is 3.32. The zero-order chi connectivity index (χ0) is 25.7. The van der Waals surface area contributed by atoms with Gasteiger partial charge in [0.15, 0.2) is 6.61 Å². The van der Waals surface area contributed by atoms with Crippen molar-refractivity contribution in [3.63, 3.8) is 0 Å². The number of amides is 1. The number of fused-ring (bicyclic) bond motifs is 2. The van der Waals surface area contributed by atoms with Gasteiger partial charge in [0.25, 0.3) is 5.91 Å². The molecule has 0 radical (unpaired) electrons. The molecular weight excluding hydrogens is 454 g/mol. The van der Waals surface area contributed by atoms with Crippen LogP contribution in [0.5, 0.6) is 11.5 Å². The van der Waals surface area contributed by atoms with Gasteiger partial charge >= 0.3 is 5.97 Å². The van der Waals surface area contributed by atoms with Gasteiger partial charge in [-0.3, -0.25) is 9.59 Å². The Bertz CT molecular complexity index is 1300. The molecular formula is C30H33NO5. The summed E-state index contributed by atoms with van der Waals surface area (Å²) < 4.78 is 11.5. The lowest BCUT2D eigenvalue weighted by Gasteiger charge is -2.20. The van der Waals surface area contributed by atoms with Crippen molar-refractivity contribution in [2.75, 3.05) is 13.2 Å². The largest absolute Gasteiger partial charge is 0.493 e. The average molecular weight is 488 g/mol. The third kappa shape index (κ3) is 5.88. The molecule has 3 aromatic carbocycles. The summed E-state index contributed by atoms with van der Waals surface area (Å²) in [7, 11) is 0. The molecule has 1 heterocycles. The number of carboxylic acids is 1. The van der Waals surface area contributed by atoms with E-state index in [0.29, 0.717) is 12.4 Å². The quantitative estimate of drug-likeness (QED) is 0.367. The number of carbonyl (C=O) groups excluding carboxylic acids is 1. The van der Waals surface area contributed by atoms with Crippen molar-refractivity contribution in [3.05, 3.63) is 82.9 Å². The highest BCUT2D eigenvalue weighted by Crippen LogP contribution is 2.37. The van der Waals surface area contributed by atoms with E-state index in [2.05, 4.69) is 11.4 Å². The molecule has 188 valence electrons. The Morgan fingerprint density at radius 1 is 1.14 bits per heavy atom. The summed E-state index contributed by atoms with van der Waals surface area (Å²) in [6.07, 6.45) is 5.52. The minimum atomic E-state index is -0.845. The molecule has 0 aliphatic carbocycles. The fraction of sp³-hybridized carbons (Fsp3) is 0.333. The molecule has 0 aromatic heterocycles. The second-order valence-corrected chi connectivity index (χ2v) is 9.23. The molecule has 1 amide bonds. The van der Waals surface area contributed by atoms with Crippen molar-refractivity contribution in [1.29, 1.82) is 0 Å². The van der Waals surface area contributed by atoms with Gasteiger partial charge in [0.05, 0.1) is 13.0 Å². The van der Waals surface area contributed by atoms with Crippen LogP contribution in [0.25, 0.3) is 10.8 Å². The highest BCUT2D eigenvalue weighted by atomic mass is 16.5. The third-order valence-electron chi connectivity index (χ3n) is 6.65. The van der Waals surface area contributed by atoms with Crippen molar-refractivity contribution >= 4 is 22.6 Å². The molecule has 0 fully saturated rings. The first kappa shape index (κ1) is 25.3. The molecule has 4 rings (SSSR count). The van der Waals surface area contributed by atoms with E-state index in [1.54, 1.807) is 0 Å². The van der Waals surface area contributed by atoms with Crippen molar-refractivity contribution in [3.8, 4) is 11.5 Å². The minimum absolute atomic E-state index is 0.00679. The summed E-state index contributed by atoms with van der Waals surface area (Å²) in [6, 6.07) is 15.8. The number of ether oxygens (including phenoxy) is 2. The number of allylic oxidation sites excluding steroid dienone is 1. The highest BCUT2D eigenvalue weighted by Gasteiger charge is 2.23. The van der Waals surface area contributed by atoms with E-state index < -0.39 is 5.97 Å². The van der Waals surface area contributed by atoms with Crippen molar-refractivity contribution in [2.45, 2.75) is 52.0 Å². The SMILES string of the molecule is C/C=C\C(CC)NC(=O)COc1ccc2ccc(C(CC(=O)O)c3cc4c(cc3C)OCC4)cc2c1. The zero-order valence-electron chi connectivity index (χ0n) is 21.0. The van der Waals surface area contributed by atoms with Gasteiger partial charge in [-0.15, -0.1) is 0 Å². The summed E-state index contributed by atoms with van der Waals surface area (Å²) in [4.78, 5) is 24.1. The van der Waals surface area contributed by atoms with E-state index in [1.165, 1.54) is 0 Å². The third-order valence-corrected chi connectivity index (χ3v) is 6.65. The van der Waals surface area contributed by atoms with Crippen molar-refractivity contribution < 1.29 is 24.2 Å². The molecule has 0 saturated heterocycles. The van der Waals surface area contributed by atoms with Gasteiger partial charge in [-0.1, -0.05) is 49.4 Å². The van der Waals surface area contributed by atoms with Gasteiger partial charge in [0, 0.05) is 18.4 Å². The Balaban J connectivity index is 1.58. The Labute approximate surface area is 211 Å². The van der Waals surface area contributed by atoms with Crippen LogP contribution in [0.15, 0.2) is 60.7 Å². The molecule has 0 bridgehead atoms. The lowest BCUT2D eigenvalue weighted by molar-refractivity contribution is -0.137. The van der Waals surface area contributed by atoms with Crippen LogP contribution in [0.1, 0.15) is 54.9 Å². The van der Waals surface area contributed by atoms with Crippen LogP contribution >= 0.6 is 0 Å². The normalized spacial score (nSPS) is 14.3. The predicted molar refractivity (Wildman–Crippen MR) is 141 cm³/mol. The second kappa shape index (κ2) is 11.3. The molecule has 3 aromatic rings. The van der Waals surface area contributed by atoms with Gasteiger partial charge in [0.2, 0.25) is 0 Å². The van der Waals surface area contributed by atoms with Crippen molar-refractivity contribution in [1.82, 2.24) is 5.32 Å². The number of aliphatic carboxylic acids is 1. The number of hydrogen-bond donors (Lipinski definition) is 2. The maximum Gasteiger partial charge on any atom is 0.304 e. The number of benzene rings is 3. The van der Waals surface area contributed by atoms with Gasteiger partial charge < -0.3 is 19.9 Å². The summed E-state index contributed by atoms with van der Waals surface area (Å²) in [5.41, 5.74) is 4.09. The standard InChI is InChI=1S/C30H33NO5/c1-4-6-24(5-2)31-29(32)18-36-25-10-9-20-7-8-21(14-23(20)15-25)27(17-30(33)34)26-16-22-11-12-35-28(22)13-19(26)3/h4,6-10,13-16,24,27H,5,11-12,17-18H2,1-3H3,(H,31,32)(H,33,34)/b6-4-. The zero-order valence-corrected chi connectivity index (χ0v) is 21.0. The number of nitrogens with one attached hydrogen (secondary N) is 1. The first-order valence-electron chi connectivity index (χ1n) is 12.4. The number of carboxylic acid groups (broad SMARTS) is 1. The Hall–Kier alpha value is -3.80. The van der Waals surface area contributed by atoms with Gasteiger partial charge in [0.1, 0.15) is 11.5 Å². The van der Waals surface area contributed by atoms with E-state index in [-0.39, 0.29) is 30.9 Å². The van der Waals surface area contributed by atoms with Crippen LogP contribution in [0, 0.1) is 6.92 Å². The maximum atomic E-state index is 12.3. The van der Waals surface area contributed by atoms with Crippen LogP contribution in [-0.2, 0) is 16.0 Å². The van der Waals surface area contributed by atoms with Crippen LogP contribution < -0.4 is 14.8 Å². The molecule has 1 aliphatic heterocycles. The number of hydrogen-bond acceptors (Lipinski definition) is 4. The fourth-order valence-corrected chi connectivity index (χ4v) is 4.77. The minimum Gasteiger partial charge on any atom is -0.493 e. The highest BCUT2D eigenvalue weighted by molar-refractivity contribution is 5.85. The first-order chi connectivity index (χ1) is 17.4. The topological polar surface area (TPSA) is 84.9 Å². The number of rotatable bonds is 10. The Kier molecular flexibility index (Phi) is 7.93. The van der Waals surface area contributed by atoms with Crippen LogP contribution in [0.3, 0.4) is 0 Å². The monoisotopic (exact) mass is 487 g/mol. The van der Waals surface area contributed by atoms with E-state index in [0.717, 1.165) is 51.6 Å². The summed E-state index contributed by atoms with van der Waals surface area (Å²) in [5.74, 6) is 0.181. The molecule has 36 heavy (non-hydrogen) atoms. The maximum absolute atomic E-state index is 12.3. The number of carbonyl (C=O) groups is 2. The first-order valence-corrected chi connectivity index (χ1v) is 12.4. The van der Waals surface area contributed by atoms with E-state index in [9.17, 15) is 14.7 Å². The lowest BCUT2D eigenvalue weighted by Crippen LogP contribution is -2.36. The molecule has 6 nitrogen and oxygen atoms in total. The van der Waals surface area contributed by atoms with Crippen LogP contribution in [0.4, 0.5) is 0 Å². The summed E-state index contributed by atoms with van der Waals surface area (Å²) in [5, 5.41) is 14.6.